The summed E-state index contributed by atoms with van der Waals surface area (Å²) in [6.07, 6.45) is 4.59. The van der Waals surface area contributed by atoms with Crippen molar-refractivity contribution in [3.8, 4) is 0 Å². The number of nitrogens with zero attached hydrogens (tertiary/aromatic N) is 4. The molecule has 164 valence electrons. The average molecular weight is 465 g/mol. The fraction of sp³-hybridized carbons (Fsp3) is 0.222. The lowest BCUT2D eigenvalue weighted by Crippen LogP contribution is -2.23. The smallest absolute Gasteiger partial charge is 0.241 e. The molecule has 11 nitrogen and oxygen atoms in total. The van der Waals surface area contributed by atoms with Crippen molar-refractivity contribution in [3.63, 3.8) is 0 Å². The van der Waals surface area contributed by atoms with Gasteiger partial charge in [0.2, 0.25) is 21.9 Å². The number of aromatic nitrogens is 4. The summed E-state index contributed by atoms with van der Waals surface area (Å²) in [5, 5.41) is 12.9. The van der Waals surface area contributed by atoms with Crippen LogP contribution in [0.15, 0.2) is 47.8 Å². The van der Waals surface area contributed by atoms with Gasteiger partial charge in [0, 0.05) is 19.8 Å². The first kappa shape index (κ1) is 22.5. The molecule has 13 heteroatoms. The lowest BCUT2D eigenvalue weighted by molar-refractivity contribution is -0.121. The van der Waals surface area contributed by atoms with E-state index in [9.17, 15) is 13.2 Å². The number of sulfonamides is 1. The van der Waals surface area contributed by atoms with Crippen LogP contribution in [0.1, 0.15) is 5.56 Å². The van der Waals surface area contributed by atoms with Crippen molar-refractivity contribution < 1.29 is 13.2 Å². The van der Waals surface area contributed by atoms with Crippen LogP contribution in [0.4, 0.5) is 17.5 Å². The molecule has 1 amide bonds. The van der Waals surface area contributed by atoms with Crippen LogP contribution < -0.4 is 20.7 Å². The number of halogens is 1. The molecular weight excluding hydrogens is 444 g/mol. The molecule has 3 rings (SSSR count). The number of rotatable bonds is 9. The van der Waals surface area contributed by atoms with Crippen molar-refractivity contribution in [2.24, 2.45) is 0 Å². The van der Waals surface area contributed by atoms with Gasteiger partial charge in [-0.25, -0.2) is 18.1 Å². The van der Waals surface area contributed by atoms with Gasteiger partial charge >= 0.3 is 0 Å². The Labute approximate surface area is 184 Å². The largest absolute Gasteiger partial charge is 0.365 e. The molecule has 0 saturated carbocycles. The Bertz CT molecular complexity index is 1180. The maximum Gasteiger partial charge on any atom is 0.241 e. The zero-order valence-electron chi connectivity index (χ0n) is 16.8. The molecule has 2 heterocycles. The third-order valence-electron chi connectivity index (χ3n) is 4.20. The lowest BCUT2D eigenvalue weighted by Gasteiger charge is -2.12. The minimum Gasteiger partial charge on any atom is -0.365 e. The van der Waals surface area contributed by atoms with Crippen LogP contribution in [0.2, 0.25) is 5.02 Å². The van der Waals surface area contributed by atoms with Gasteiger partial charge in [0.1, 0.15) is 11.6 Å². The van der Waals surface area contributed by atoms with E-state index >= 15 is 0 Å². The number of carbonyl (C=O) groups is 1. The highest BCUT2D eigenvalue weighted by Crippen LogP contribution is 2.23. The maximum atomic E-state index is 12.2. The van der Waals surface area contributed by atoms with E-state index in [-0.39, 0.29) is 34.9 Å². The molecule has 2 aromatic heterocycles. The van der Waals surface area contributed by atoms with Crippen LogP contribution in [-0.4, -0.2) is 48.2 Å². The van der Waals surface area contributed by atoms with Crippen molar-refractivity contribution in [3.05, 3.63) is 53.4 Å². The molecule has 0 fully saturated rings. The van der Waals surface area contributed by atoms with Gasteiger partial charge < -0.3 is 16.0 Å². The molecule has 0 radical (unpaired) electrons. The third kappa shape index (κ3) is 5.69. The van der Waals surface area contributed by atoms with E-state index in [0.29, 0.717) is 17.1 Å². The molecule has 0 saturated heterocycles. The summed E-state index contributed by atoms with van der Waals surface area (Å²) in [7, 11) is -0.700. The third-order valence-corrected chi connectivity index (χ3v) is 5.99. The number of hydrogen-bond acceptors (Lipinski definition) is 8. The van der Waals surface area contributed by atoms with Gasteiger partial charge in [0.25, 0.3) is 0 Å². The standard InChI is InChI=1S/C18H21ClN8O3S/c1-20-16(28)11-27-10-13(8-24-27)25-18-23-9-14(19)17(26-18)22-7-12-5-3-4-6-15(12)31(29,30)21-2/h3-6,8-10,21H,7,11H2,1-2H3,(H,20,28)(H2,22,23,25,26). The number of nitrogens with one attached hydrogen (secondary N) is 4. The minimum atomic E-state index is -3.61. The summed E-state index contributed by atoms with van der Waals surface area (Å²) in [6, 6.07) is 6.62. The fourth-order valence-electron chi connectivity index (χ4n) is 2.62. The molecule has 31 heavy (non-hydrogen) atoms. The Balaban J connectivity index is 1.74. The van der Waals surface area contributed by atoms with Gasteiger partial charge in [0.05, 0.1) is 23.0 Å². The van der Waals surface area contributed by atoms with Crippen LogP contribution in [-0.2, 0) is 27.9 Å². The number of benzene rings is 1. The average Bonchev–Trinajstić information content (AvgIpc) is 3.20. The summed E-state index contributed by atoms with van der Waals surface area (Å²) >= 11 is 6.19. The number of amides is 1. The van der Waals surface area contributed by atoms with Crippen molar-refractivity contribution in [1.29, 1.82) is 0 Å². The topological polar surface area (TPSA) is 143 Å². The molecular formula is C18H21ClN8O3S. The molecule has 0 spiro atoms. The molecule has 3 aromatic rings. The predicted octanol–water partition coefficient (Wildman–Crippen LogP) is 1.34. The number of carbonyl (C=O) groups excluding carboxylic acids is 1. The van der Waals surface area contributed by atoms with Gasteiger partial charge in [-0.3, -0.25) is 9.48 Å². The molecule has 4 N–H and O–H groups in total. The van der Waals surface area contributed by atoms with Gasteiger partial charge in [0.15, 0.2) is 5.82 Å². The zero-order valence-corrected chi connectivity index (χ0v) is 18.3. The van der Waals surface area contributed by atoms with Crippen LogP contribution in [0.3, 0.4) is 0 Å². The first-order valence-electron chi connectivity index (χ1n) is 9.10. The van der Waals surface area contributed by atoms with Gasteiger partial charge in [-0.05, 0) is 18.7 Å². The molecule has 0 bridgehead atoms. The Hall–Kier alpha value is -3.22. The molecule has 0 unspecified atom stereocenters. The molecule has 0 aliphatic heterocycles. The minimum absolute atomic E-state index is 0.0847. The van der Waals surface area contributed by atoms with E-state index < -0.39 is 10.0 Å². The van der Waals surface area contributed by atoms with E-state index in [4.69, 9.17) is 11.6 Å². The first-order valence-corrected chi connectivity index (χ1v) is 11.0. The maximum absolute atomic E-state index is 12.2. The second-order valence-electron chi connectivity index (χ2n) is 6.28. The summed E-state index contributed by atoms with van der Waals surface area (Å²) in [4.78, 5) is 20.1. The molecule has 1 aromatic carbocycles. The van der Waals surface area contributed by atoms with Gasteiger partial charge in [-0.2, -0.15) is 10.1 Å². The predicted molar refractivity (Wildman–Crippen MR) is 117 cm³/mol. The van der Waals surface area contributed by atoms with Gasteiger partial charge in [-0.1, -0.05) is 29.8 Å². The molecule has 0 aliphatic carbocycles. The highest BCUT2D eigenvalue weighted by molar-refractivity contribution is 7.89. The summed E-state index contributed by atoms with van der Waals surface area (Å²) < 4.78 is 28.2. The second kappa shape index (κ2) is 9.73. The number of likely N-dealkylation sites (N-methyl/N-ethyl adjacent to an activating group) is 1. The van der Waals surface area contributed by atoms with Crippen LogP contribution in [0, 0.1) is 0 Å². The van der Waals surface area contributed by atoms with Crippen LogP contribution in [0.5, 0.6) is 0 Å². The fourth-order valence-corrected chi connectivity index (χ4v) is 3.74. The van der Waals surface area contributed by atoms with Gasteiger partial charge in [-0.15, -0.1) is 0 Å². The van der Waals surface area contributed by atoms with Crippen molar-refractivity contribution in [2.45, 2.75) is 18.0 Å². The Morgan fingerprint density at radius 2 is 1.97 bits per heavy atom. The second-order valence-corrected chi connectivity index (χ2v) is 8.55. The van der Waals surface area contributed by atoms with E-state index in [1.54, 1.807) is 31.4 Å². The van der Waals surface area contributed by atoms with Crippen molar-refractivity contribution >= 4 is 45.0 Å². The molecule has 0 atom stereocenters. The molecule has 0 aliphatic rings. The van der Waals surface area contributed by atoms with Crippen molar-refractivity contribution in [1.82, 2.24) is 29.8 Å². The Morgan fingerprint density at radius 3 is 2.71 bits per heavy atom. The highest BCUT2D eigenvalue weighted by atomic mass is 35.5. The normalized spacial score (nSPS) is 11.2. The zero-order chi connectivity index (χ0) is 22.4. The number of anilines is 3. The van der Waals surface area contributed by atoms with Crippen LogP contribution >= 0.6 is 11.6 Å². The summed E-state index contributed by atoms with van der Waals surface area (Å²) in [5.74, 6) is 0.403. The lowest BCUT2D eigenvalue weighted by atomic mass is 10.2. The number of hydrogen-bond donors (Lipinski definition) is 4. The van der Waals surface area contributed by atoms with E-state index in [1.165, 1.54) is 30.2 Å². The monoisotopic (exact) mass is 464 g/mol. The van der Waals surface area contributed by atoms with Crippen molar-refractivity contribution in [2.75, 3.05) is 24.7 Å². The van der Waals surface area contributed by atoms with E-state index in [2.05, 4.69) is 35.7 Å². The quantitative estimate of drug-likeness (QED) is 0.371. The van der Waals surface area contributed by atoms with Crippen LogP contribution in [0.25, 0.3) is 0 Å². The van der Waals surface area contributed by atoms with E-state index in [0.717, 1.165) is 0 Å². The summed E-state index contributed by atoms with van der Waals surface area (Å²) in [5.41, 5.74) is 1.14. The Kier molecular flexibility index (Phi) is 7.05. The SMILES string of the molecule is CNC(=O)Cn1cc(Nc2ncc(Cl)c(NCc3ccccc3S(=O)(=O)NC)n2)cn1. The van der Waals surface area contributed by atoms with E-state index in [1.807, 2.05) is 0 Å². The first-order chi connectivity index (χ1) is 14.8. The Morgan fingerprint density at radius 1 is 1.19 bits per heavy atom. The highest BCUT2D eigenvalue weighted by Gasteiger charge is 2.16. The summed E-state index contributed by atoms with van der Waals surface area (Å²) in [6.45, 7) is 0.263.